The van der Waals surface area contributed by atoms with Gasteiger partial charge in [0.05, 0.1) is 15.6 Å². The highest BCUT2D eigenvalue weighted by Gasteiger charge is 2.40. The van der Waals surface area contributed by atoms with Gasteiger partial charge in [-0.1, -0.05) is 32.4 Å². The van der Waals surface area contributed by atoms with Crippen LogP contribution in [-0.4, -0.2) is 10.1 Å². The first-order valence-electron chi connectivity index (χ1n) is 9.53. The molecule has 0 atom stereocenters. The number of rotatable bonds is 4. The second kappa shape index (κ2) is 7.43. The Bertz CT molecular complexity index is 1290. The average Bonchev–Trinajstić information content (AvgIpc) is 3.13. The minimum absolute atomic E-state index is 0.0235. The number of alkyl halides is 3. The van der Waals surface area contributed by atoms with E-state index in [1.807, 2.05) is 6.92 Å². The number of phenolic OH excluding ortho intramolecular Hbond substituents is 1. The van der Waals surface area contributed by atoms with Crippen LogP contribution in [0.25, 0.3) is 31.8 Å². The predicted octanol–water partition coefficient (Wildman–Crippen LogP) is 6.31. The number of phenols is 1. The lowest BCUT2D eigenvalue weighted by Crippen LogP contribution is -2.17. The molecule has 156 valence electrons. The second-order valence-corrected chi connectivity index (χ2v) is 7.99. The van der Waals surface area contributed by atoms with E-state index in [1.54, 1.807) is 31.2 Å². The summed E-state index contributed by atoms with van der Waals surface area (Å²) in [6.07, 6.45) is -3.62. The monoisotopic (exact) mass is 433 g/mol. The molecule has 8 heteroatoms. The molecular weight excluding hydrogens is 415 g/mol. The van der Waals surface area contributed by atoms with E-state index in [4.69, 9.17) is 4.42 Å². The molecule has 0 spiro atoms. The van der Waals surface area contributed by atoms with E-state index in [0.29, 0.717) is 28.6 Å². The van der Waals surface area contributed by atoms with Crippen LogP contribution in [0, 0.1) is 0 Å². The standard InChI is InChI=1S/C22H18F3NO3S/c1-3-7-12-17(27)11(4-2)10-13-18(28)16(20(22(23,24)25)29-19(12)13)21-26-14-8-5-6-9-15(14)30-21/h5-6,8-10,27H,3-4,7H2,1-2H3. The molecule has 2 aromatic heterocycles. The molecule has 0 amide bonds. The third-order valence-electron chi connectivity index (χ3n) is 4.98. The summed E-state index contributed by atoms with van der Waals surface area (Å²) in [5.74, 6) is -1.50. The van der Waals surface area contributed by atoms with Crippen molar-refractivity contribution >= 4 is 32.5 Å². The summed E-state index contributed by atoms with van der Waals surface area (Å²) in [5.41, 5.74) is -0.370. The van der Waals surface area contributed by atoms with E-state index in [9.17, 15) is 23.1 Å². The van der Waals surface area contributed by atoms with Gasteiger partial charge in [-0.2, -0.15) is 13.2 Å². The van der Waals surface area contributed by atoms with Crippen LogP contribution < -0.4 is 5.43 Å². The molecule has 0 saturated carbocycles. The smallest absolute Gasteiger partial charge is 0.450 e. The summed E-state index contributed by atoms with van der Waals surface area (Å²) in [5, 5.41) is 10.5. The first kappa shape index (κ1) is 20.4. The summed E-state index contributed by atoms with van der Waals surface area (Å²) >= 11 is 1.01. The molecular formula is C22H18F3NO3S. The fourth-order valence-electron chi connectivity index (χ4n) is 3.57. The van der Waals surface area contributed by atoms with Gasteiger partial charge < -0.3 is 9.52 Å². The summed E-state index contributed by atoms with van der Waals surface area (Å²) in [4.78, 5) is 17.6. The van der Waals surface area contributed by atoms with Crippen LogP contribution >= 0.6 is 11.3 Å². The molecule has 0 fully saturated rings. The van der Waals surface area contributed by atoms with Crippen molar-refractivity contribution < 1.29 is 22.7 Å². The predicted molar refractivity (Wildman–Crippen MR) is 111 cm³/mol. The Hall–Kier alpha value is -2.87. The molecule has 0 aliphatic heterocycles. The SMILES string of the molecule is CCCc1c(O)c(CC)cc2c(=O)c(-c3nc4ccccc4s3)c(C(F)(F)F)oc12. The van der Waals surface area contributed by atoms with Crippen molar-refractivity contribution in [2.45, 2.75) is 39.3 Å². The van der Waals surface area contributed by atoms with E-state index >= 15 is 0 Å². The van der Waals surface area contributed by atoms with Gasteiger partial charge in [0.1, 0.15) is 21.9 Å². The number of fused-ring (bicyclic) bond motifs is 2. The summed E-state index contributed by atoms with van der Waals surface area (Å²) in [6, 6.07) is 8.32. The fourth-order valence-corrected chi connectivity index (χ4v) is 4.58. The quantitative estimate of drug-likeness (QED) is 0.410. The van der Waals surface area contributed by atoms with Crippen LogP contribution in [-0.2, 0) is 19.0 Å². The van der Waals surface area contributed by atoms with Gasteiger partial charge in [0.25, 0.3) is 0 Å². The summed E-state index contributed by atoms with van der Waals surface area (Å²) < 4.78 is 47.8. The highest BCUT2D eigenvalue weighted by molar-refractivity contribution is 7.21. The number of aromatic hydroxyl groups is 1. The average molecular weight is 433 g/mol. The number of aromatic nitrogens is 1. The molecule has 0 radical (unpaired) electrons. The Kier molecular flexibility index (Phi) is 5.05. The van der Waals surface area contributed by atoms with Gasteiger partial charge in [-0.25, -0.2) is 4.98 Å². The van der Waals surface area contributed by atoms with Crippen LogP contribution in [0.1, 0.15) is 37.2 Å². The molecule has 0 unspecified atom stereocenters. The summed E-state index contributed by atoms with van der Waals surface area (Å²) in [7, 11) is 0. The maximum absolute atomic E-state index is 13.9. The van der Waals surface area contributed by atoms with Gasteiger partial charge in [-0.05, 0) is 36.6 Å². The molecule has 0 aliphatic carbocycles. The molecule has 4 rings (SSSR count). The van der Waals surface area contributed by atoms with Crippen molar-refractivity contribution in [1.29, 1.82) is 0 Å². The van der Waals surface area contributed by atoms with Crippen LogP contribution in [0.2, 0.25) is 0 Å². The highest BCUT2D eigenvalue weighted by atomic mass is 32.1. The van der Waals surface area contributed by atoms with Crippen molar-refractivity contribution in [3.05, 3.63) is 57.4 Å². The van der Waals surface area contributed by atoms with Gasteiger partial charge in [0.15, 0.2) is 0 Å². The number of hydrogen-bond donors (Lipinski definition) is 1. The van der Waals surface area contributed by atoms with Gasteiger partial charge in [-0.3, -0.25) is 4.79 Å². The number of para-hydroxylation sites is 1. The molecule has 1 N–H and O–H groups in total. The van der Waals surface area contributed by atoms with Gasteiger partial charge in [-0.15, -0.1) is 11.3 Å². The number of thiazole rings is 1. The number of nitrogens with zero attached hydrogens (tertiary/aromatic N) is 1. The Morgan fingerprint density at radius 2 is 1.93 bits per heavy atom. The third kappa shape index (κ3) is 3.25. The van der Waals surface area contributed by atoms with E-state index in [0.717, 1.165) is 11.3 Å². The lowest BCUT2D eigenvalue weighted by Gasteiger charge is -2.15. The Labute approximate surface area is 173 Å². The number of halogens is 3. The Morgan fingerprint density at radius 3 is 2.57 bits per heavy atom. The molecule has 30 heavy (non-hydrogen) atoms. The molecule has 4 nitrogen and oxygen atoms in total. The lowest BCUT2D eigenvalue weighted by molar-refractivity contribution is -0.152. The number of hydrogen-bond acceptors (Lipinski definition) is 5. The van der Waals surface area contributed by atoms with E-state index < -0.39 is 22.9 Å². The van der Waals surface area contributed by atoms with Crippen LogP contribution in [0.4, 0.5) is 13.2 Å². The third-order valence-corrected chi connectivity index (χ3v) is 6.03. The van der Waals surface area contributed by atoms with E-state index in [-0.39, 0.29) is 33.7 Å². The van der Waals surface area contributed by atoms with Crippen molar-refractivity contribution in [1.82, 2.24) is 4.98 Å². The van der Waals surface area contributed by atoms with Crippen LogP contribution in [0.15, 0.2) is 39.5 Å². The van der Waals surface area contributed by atoms with E-state index in [1.165, 1.54) is 6.07 Å². The fraction of sp³-hybridized carbons (Fsp3) is 0.273. The molecule has 4 aromatic rings. The van der Waals surface area contributed by atoms with Gasteiger partial charge in [0.2, 0.25) is 11.2 Å². The zero-order valence-corrected chi connectivity index (χ0v) is 17.1. The van der Waals surface area contributed by atoms with Crippen molar-refractivity contribution in [2.24, 2.45) is 0 Å². The Morgan fingerprint density at radius 1 is 1.20 bits per heavy atom. The minimum Gasteiger partial charge on any atom is -0.507 e. The van der Waals surface area contributed by atoms with Crippen molar-refractivity contribution in [2.75, 3.05) is 0 Å². The zero-order valence-electron chi connectivity index (χ0n) is 16.3. The lowest BCUT2D eigenvalue weighted by atomic mass is 9.98. The molecule has 0 saturated heterocycles. The van der Waals surface area contributed by atoms with Crippen LogP contribution in [0.5, 0.6) is 5.75 Å². The first-order valence-corrected chi connectivity index (χ1v) is 10.4. The van der Waals surface area contributed by atoms with Crippen molar-refractivity contribution in [3.63, 3.8) is 0 Å². The topological polar surface area (TPSA) is 63.3 Å². The second-order valence-electron chi connectivity index (χ2n) is 6.96. The molecule has 0 bridgehead atoms. The van der Waals surface area contributed by atoms with Crippen LogP contribution in [0.3, 0.4) is 0 Å². The Balaban J connectivity index is 2.15. The number of aryl methyl sites for hydroxylation is 2. The largest absolute Gasteiger partial charge is 0.507 e. The number of benzene rings is 2. The highest BCUT2D eigenvalue weighted by Crippen LogP contribution is 2.41. The molecule has 2 aromatic carbocycles. The van der Waals surface area contributed by atoms with E-state index in [2.05, 4.69) is 4.98 Å². The zero-order chi connectivity index (χ0) is 21.6. The van der Waals surface area contributed by atoms with Gasteiger partial charge in [0, 0.05) is 5.56 Å². The van der Waals surface area contributed by atoms with Gasteiger partial charge >= 0.3 is 6.18 Å². The molecule has 0 aliphatic rings. The first-order chi connectivity index (χ1) is 14.3. The molecule has 2 heterocycles. The summed E-state index contributed by atoms with van der Waals surface area (Å²) in [6.45, 7) is 3.64. The minimum atomic E-state index is -4.90. The maximum atomic E-state index is 13.9. The normalized spacial score (nSPS) is 12.2. The van der Waals surface area contributed by atoms with Crippen molar-refractivity contribution in [3.8, 4) is 16.3 Å². The maximum Gasteiger partial charge on any atom is 0.450 e.